The number of fused-ring (bicyclic) bond motifs is 2. The number of anilines is 1. The Morgan fingerprint density at radius 3 is 2.82 bits per heavy atom. The molecule has 1 aromatic carbocycles. The molecule has 8 nitrogen and oxygen atoms in total. The Morgan fingerprint density at radius 1 is 1.30 bits per heavy atom. The minimum Gasteiger partial charge on any atom is -0.383 e. The lowest BCUT2D eigenvalue weighted by Gasteiger charge is -2.18. The molecule has 0 bridgehead atoms. The first kappa shape index (κ1) is 23.5. The molecule has 10 heteroatoms. The fourth-order valence-corrected chi connectivity index (χ4v) is 6.35. The van der Waals surface area contributed by atoms with Gasteiger partial charge in [-0.15, -0.1) is 11.3 Å². The Hall–Kier alpha value is -2.69. The van der Waals surface area contributed by atoms with E-state index < -0.39 is 5.91 Å². The third-order valence-electron chi connectivity index (χ3n) is 5.63. The van der Waals surface area contributed by atoms with Crippen molar-refractivity contribution >= 4 is 50.8 Å². The number of nitrogens with zero attached hydrogens (tertiary/aromatic N) is 2. The molecule has 0 saturated heterocycles. The maximum Gasteiger partial charge on any atom is 0.262 e. The molecule has 4 rings (SSSR count). The maximum atomic E-state index is 13.1. The molecule has 3 aromatic rings. The van der Waals surface area contributed by atoms with Crippen molar-refractivity contribution in [2.75, 3.05) is 24.8 Å². The summed E-state index contributed by atoms with van der Waals surface area (Å²) < 4.78 is 6.81. The number of hydrogen-bond donors (Lipinski definition) is 2. The molecule has 33 heavy (non-hydrogen) atoms. The molecular formula is C23H26N4O4S2. The minimum atomic E-state index is -0.518. The second-order valence-corrected chi connectivity index (χ2v) is 10.1. The SMILES string of the molecule is COCC(C)n1c(SCC(=O)Nc2sc3c(c2C(N)=O)CCCC3)nc2ccccc2c1=O. The fourth-order valence-electron chi connectivity index (χ4n) is 4.14. The second-order valence-electron chi connectivity index (χ2n) is 8.01. The number of para-hydroxylation sites is 1. The summed E-state index contributed by atoms with van der Waals surface area (Å²) in [5.41, 5.74) is 7.44. The third-order valence-corrected chi connectivity index (χ3v) is 7.79. The van der Waals surface area contributed by atoms with E-state index in [0.717, 1.165) is 36.1 Å². The molecule has 3 N–H and O–H groups in total. The number of aryl methyl sites for hydroxylation is 1. The average Bonchev–Trinajstić information content (AvgIpc) is 3.15. The molecular weight excluding hydrogens is 460 g/mol. The van der Waals surface area contributed by atoms with Crippen LogP contribution in [0.2, 0.25) is 0 Å². The van der Waals surface area contributed by atoms with E-state index in [1.807, 2.05) is 13.0 Å². The number of primary amides is 1. The minimum absolute atomic E-state index is 0.0330. The zero-order valence-electron chi connectivity index (χ0n) is 18.6. The zero-order valence-corrected chi connectivity index (χ0v) is 20.2. The van der Waals surface area contributed by atoms with Crippen molar-refractivity contribution in [3.63, 3.8) is 0 Å². The lowest BCUT2D eigenvalue weighted by atomic mass is 9.95. The van der Waals surface area contributed by atoms with Crippen molar-refractivity contribution in [2.24, 2.45) is 5.73 Å². The number of amides is 2. The van der Waals surface area contributed by atoms with Crippen LogP contribution >= 0.6 is 23.1 Å². The predicted octanol–water partition coefficient (Wildman–Crippen LogP) is 3.37. The van der Waals surface area contributed by atoms with E-state index in [1.165, 1.54) is 23.1 Å². The highest BCUT2D eigenvalue weighted by Crippen LogP contribution is 2.38. The lowest BCUT2D eigenvalue weighted by Crippen LogP contribution is -2.29. The molecule has 1 aliphatic carbocycles. The predicted molar refractivity (Wildman–Crippen MR) is 131 cm³/mol. The number of nitrogens with one attached hydrogen (secondary N) is 1. The Kier molecular flexibility index (Phi) is 7.16. The van der Waals surface area contributed by atoms with Crippen LogP contribution in [0.15, 0.2) is 34.2 Å². The van der Waals surface area contributed by atoms with Gasteiger partial charge in [0.15, 0.2) is 5.16 Å². The Balaban J connectivity index is 1.58. The highest BCUT2D eigenvalue weighted by molar-refractivity contribution is 7.99. The number of carbonyl (C=O) groups excluding carboxylic acids is 2. The fraction of sp³-hybridized carbons (Fsp3) is 0.391. The molecule has 0 fully saturated rings. The van der Waals surface area contributed by atoms with Crippen LogP contribution in [0.3, 0.4) is 0 Å². The third kappa shape index (κ3) is 4.83. The van der Waals surface area contributed by atoms with E-state index in [0.29, 0.717) is 33.2 Å². The van der Waals surface area contributed by atoms with Gasteiger partial charge in [-0.25, -0.2) is 4.98 Å². The number of thiophene rings is 1. The molecule has 0 radical (unpaired) electrons. The maximum absolute atomic E-state index is 13.1. The van der Waals surface area contributed by atoms with Crippen molar-refractivity contribution in [1.29, 1.82) is 0 Å². The van der Waals surface area contributed by atoms with Crippen molar-refractivity contribution in [3.05, 3.63) is 50.6 Å². The molecule has 2 aromatic heterocycles. The normalized spacial score (nSPS) is 14.1. The van der Waals surface area contributed by atoms with Gasteiger partial charge in [0.2, 0.25) is 5.91 Å². The zero-order chi connectivity index (χ0) is 23.5. The average molecular weight is 487 g/mol. The van der Waals surface area contributed by atoms with Gasteiger partial charge in [-0.1, -0.05) is 23.9 Å². The first-order valence-corrected chi connectivity index (χ1v) is 12.6. The van der Waals surface area contributed by atoms with Crippen molar-refractivity contribution in [2.45, 2.75) is 43.8 Å². The van der Waals surface area contributed by atoms with Crippen molar-refractivity contribution < 1.29 is 14.3 Å². The van der Waals surface area contributed by atoms with Gasteiger partial charge in [0.25, 0.3) is 11.5 Å². The molecule has 2 amide bonds. The number of ether oxygens (including phenoxy) is 1. The summed E-state index contributed by atoms with van der Waals surface area (Å²) in [5.74, 6) is -0.768. The summed E-state index contributed by atoms with van der Waals surface area (Å²) in [7, 11) is 1.58. The van der Waals surface area contributed by atoms with Crippen molar-refractivity contribution in [1.82, 2.24) is 9.55 Å². The number of aromatic nitrogens is 2. The number of hydrogen-bond acceptors (Lipinski definition) is 7. The van der Waals surface area contributed by atoms with Crippen LogP contribution in [0.1, 0.15) is 46.6 Å². The van der Waals surface area contributed by atoms with Gasteiger partial charge < -0.3 is 15.8 Å². The van der Waals surface area contributed by atoms with Crippen LogP contribution in [0.4, 0.5) is 5.00 Å². The molecule has 174 valence electrons. The summed E-state index contributed by atoms with van der Waals surface area (Å²) in [6, 6.07) is 6.89. The molecule has 1 aliphatic rings. The van der Waals surface area contributed by atoms with Crippen LogP contribution in [0, 0.1) is 0 Å². The molecule has 0 saturated carbocycles. The van der Waals surface area contributed by atoms with Gasteiger partial charge in [-0.05, 0) is 50.3 Å². The first-order valence-electron chi connectivity index (χ1n) is 10.8. The van der Waals surface area contributed by atoms with Gasteiger partial charge >= 0.3 is 0 Å². The van der Waals surface area contributed by atoms with Gasteiger partial charge in [0, 0.05) is 12.0 Å². The van der Waals surface area contributed by atoms with Crippen LogP contribution < -0.4 is 16.6 Å². The largest absolute Gasteiger partial charge is 0.383 e. The Bertz CT molecular complexity index is 1270. The number of nitrogens with two attached hydrogens (primary N) is 1. The van der Waals surface area contributed by atoms with Crippen LogP contribution in [-0.4, -0.2) is 40.8 Å². The number of benzene rings is 1. The van der Waals surface area contributed by atoms with Gasteiger partial charge in [-0.3, -0.25) is 19.0 Å². The highest BCUT2D eigenvalue weighted by Gasteiger charge is 2.25. The molecule has 0 aliphatic heterocycles. The van der Waals surface area contributed by atoms with Crippen LogP contribution in [0.25, 0.3) is 10.9 Å². The summed E-state index contributed by atoms with van der Waals surface area (Å²) in [6.45, 7) is 2.21. The standard InChI is InChI=1S/C23H26N4O4S2/c1-13(11-31-2)27-22(30)14-7-3-5-9-16(14)25-23(27)32-12-18(28)26-21-19(20(24)29)15-8-4-6-10-17(15)33-21/h3,5,7,9,13H,4,6,8,10-12H2,1-2H3,(H2,24,29)(H,26,28). The summed E-state index contributed by atoms with van der Waals surface area (Å²) >= 11 is 2.61. The van der Waals surface area contributed by atoms with Gasteiger partial charge in [-0.2, -0.15) is 0 Å². The highest BCUT2D eigenvalue weighted by atomic mass is 32.2. The van der Waals surface area contributed by atoms with E-state index in [2.05, 4.69) is 10.3 Å². The van der Waals surface area contributed by atoms with E-state index in [9.17, 15) is 14.4 Å². The van der Waals surface area contributed by atoms with Crippen molar-refractivity contribution in [3.8, 4) is 0 Å². The molecule has 2 heterocycles. The number of thioether (sulfide) groups is 1. The molecule has 1 atom stereocenters. The van der Waals surface area contributed by atoms with E-state index in [-0.39, 0.29) is 23.3 Å². The number of methoxy groups -OCH3 is 1. The van der Waals surface area contributed by atoms with E-state index in [4.69, 9.17) is 10.5 Å². The smallest absolute Gasteiger partial charge is 0.262 e. The quantitative estimate of drug-likeness (QED) is 0.372. The summed E-state index contributed by atoms with van der Waals surface area (Å²) in [4.78, 5) is 43.8. The molecule has 0 spiro atoms. The number of rotatable bonds is 8. The Labute approximate surface area is 199 Å². The first-order chi connectivity index (χ1) is 15.9. The van der Waals surface area contributed by atoms with E-state index in [1.54, 1.807) is 29.9 Å². The lowest BCUT2D eigenvalue weighted by molar-refractivity contribution is -0.113. The Morgan fingerprint density at radius 2 is 2.06 bits per heavy atom. The monoisotopic (exact) mass is 486 g/mol. The summed E-state index contributed by atoms with van der Waals surface area (Å²) in [5, 5.41) is 4.34. The molecule has 1 unspecified atom stereocenters. The van der Waals surface area contributed by atoms with Gasteiger partial charge in [0.05, 0.1) is 34.9 Å². The topological polar surface area (TPSA) is 116 Å². The van der Waals surface area contributed by atoms with Gasteiger partial charge in [0.1, 0.15) is 5.00 Å². The second kappa shape index (κ2) is 10.1. The van der Waals surface area contributed by atoms with Crippen LogP contribution in [-0.2, 0) is 22.4 Å². The van der Waals surface area contributed by atoms with E-state index >= 15 is 0 Å². The van der Waals surface area contributed by atoms with Crippen LogP contribution in [0.5, 0.6) is 0 Å². The summed E-state index contributed by atoms with van der Waals surface area (Å²) in [6.07, 6.45) is 3.78. The number of carbonyl (C=O) groups is 2.